The van der Waals surface area contributed by atoms with E-state index in [0.29, 0.717) is 19.5 Å². The minimum atomic E-state index is -3.56. The summed E-state index contributed by atoms with van der Waals surface area (Å²) >= 11 is 0. The summed E-state index contributed by atoms with van der Waals surface area (Å²) in [6.45, 7) is 0.987. The average molecular weight is 353 g/mol. The van der Waals surface area contributed by atoms with Crippen LogP contribution < -0.4 is 0 Å². The molecule has 7 heteroatoms. The van der Waals surface area contributed by atoms with Crippen molar-refractivity contribution < 1.29 is 13.2 Å². The first-order valence-electron chi connectivity index (χ1n) is 7.44. The molecule has 122 valence electrons. The normalized spacial score (nSPS) is 18.7. The second-order valence-corrected chi connectivity index (χ2v) is 8.71. The molecule has 0 N–H and O–H groups in total. The highest BCUT2D eigenvalue weighted by atomic mass is 35.7. The number of fused-ring (bicyclic) bond motifs is 1. The quantitative estimate of drug-likeness (QED) is 0.774. The third-order valence-corrected chi connectivity index (χ3v) is 5.30. The molecule has 0 bridgehead atoms. The summed E-state index contributed by atoms with van der Waals surface area (Å²) in [6, 6.07) is 10.0. The van der Waals surface area contributed by atoms with Crippen molar-refractivity contribution in [2.45, 2.75) is 12.8 Å². The SMILES string of the molecule is O=C1CC(CS(=O)(=O)Cl)CN1CCc1cc2ccccc2cn1. The maximum Gasteiger partial charge on any atom is 0.232 e. The van der Waals surface area contributed by atoms with E-state index in [1.165, 1.54) is 0 Å². The number of halogens is 1. The van der Waals surface area contributed by atoms with Gasteiger partial charge in [0.1, 0.15) is 0 Å². The van der Waals surface area contributed by atoms with Gasteiger partial charge in [-0.05, 0) is 11.5 Å². The number of hydrogen-bond donors (Lipinski definition) is 0. The molecule has 0 radical (unpaired) electrons. The summed E-state index contributed by atoms with van der Waals surface area (Å²) in [5.74, 6) is -0.379. The van der Waals surface area contributed by atoms with Crippen molar-refractivity contribution in [3.63, 3.8) is 0 Å². The van der Waals surface area contributed by atoms with Crippen molar-refractivity contribution in [2.75, 3.05) is 18.8 Å². The Labute approximate surface area is 139 Å². The minimum absolute atomic E-state index is 0.0175. The lowest BCUT2D eigenvalue weighted by atomic mass is 10.1. The molecule has 0 spiro atoms. The fourth-order valence-electron chi connectivity index (χ4n) is 2.98. The van der Waals surface area contributed by atoms with Gasteiger partial charge in [0.2, 0.25) is 15.0 Å². The molecule has 5 nitrogen and oxygen atoms in total. The summed E-state index contributed by atoms with van der Waals surface area (Å²) in [5.41, 5.74) is 0.921. The average Bonchev–Trinajstić information content (AvgIpc) is 2.82. The number of carbonyl (C=O) groups excluding carboxylic acids is 1. The highest BCUT2D eigenvalue weighted by Crippen LogP contribution is 2.21. The van der Waals surface area contributed by atoms with E-state index in [1.807, 2.05) is 36.5 Å². The first kappa shape index (κ1) is 16.2. The Hall–Kier alpha value is -1.66. The van der Waals surface area contributed by atoms with Gasteiger partial charge in [-0.25, -0.2) is 8.42 Å². The molecule has 1 saturated heterocycles. The first-order chi connectivity index (χ1) is 10.9. The van der Waals surface area contributed by atoms with Crippen LogP contribution in [0.1, 0.15) is 12.1 Å². The van der Waals surface area contributed by atoms with Crippen molar-refractivity contribution in [1.82, 2.24) is 9.88 Å². The zero-order chi connectivity index (χ0) is 16.4. The van der Waals surface area contributed by atoms with Crippen LogP contribution in [0, 0.1) is 5.92 Å². The number of amides is 1. The molecule has 2 aromatic rings. The third-order valence-electron chi connectivity index (χ3n) is 4.05. The van der Waals surface area contributed by atoms with E-state index in [1.54, 1.807) is 4.90 Å². The molecule has 1 aromatic heterocycles. The second kappa shape index (κ2) is 6.45. The van der Waals surface area contributed by atoms with Crippen LogP contribution in [-0.4, -0.2) is 43.1 Å². The van der Waals surface area contributed by atoms with Crippen LogP contribution in [0.25, 0.3) is 10.8 Å². The lowest BCUT2D eigenvalue weighted by Gasteiger charge is -2.16. The Morgan fingerprint density at radius 2 is 2.00 bits per heavy atom. The molecule has 1 fully saturated rings. The van der Waals surface area contributed by atoms with E-state index in [4.69, 9.17) is 10.7 Å². The highest BCUT2D eigenvalue weighted by Gasteiger charge is 2.31. The van der Waals surface area contributed by atoms with Crippen molar-refractivity contribution in [2.24, 2.45) is 5.92 Å². The third kappa shape index (κ3) is 4.20. The molecule has 3 rings (SSSR count). The van der Waals surface area contributed by atoms with Crippen molar-refractivity contribution >= 4 is 36.4 Å². The molecule has 1 aromatic carbocycles. The predicted octanol–water partition coefficient (Wildman–Crippen LogP) is 2.19. The summed E-state index contributed by atoms with van der Waals surface area (Å²) in [6.07, 6.45) is 2.73. The molecule has 1 aliphatic heterocycles. The van der Waals surface area contributed by atoms with Crippen LogP contribution in [0.2, 0.25) is 0 Å². The van der Waals surface area contributed by atoms with Gasteiger partial charge in [-0.2, -0.15) is 0 Å². The molecule has 1 aliphatic rings. The number of benzene rings is 1. The van der Waals surface area contributed by atoms with E-state index < -0.39 is 9.05 Å². The number of carbonyl (C=O) groups is 1. The van der Waals surface area contributed by atoms with Crippen molar-refractivity contribution in [3.8, 4) is 0 Å². The zero-order valence-corrected chi connectivity index (χ0v) is 14.1. The Morgan fingerprint density at radius 1 is 1.26 bits per heavy atom. The number of hydrogen-bond acceptors (Lipinski definition) is 4. The standard InChI is InChI=1S/C16H17ClN2O3S/c17-23(21,22)11-12-7-16(20)19(10-12)6-5-15-8-13-3-1-2-4-14(13)9-18-15/h1-4,8-9,12H,5-7,10-11H2. The molecule has 1 atom stereocenters. The van der Waals surface area contributed by atoms with E-state index in [0.717, 1.165) is 16.5 Å². The van der Waals surface area contributed by atoms with Crippen LogP contribution >= 0.6 is 10.7 Å². The van der Waals surface area contributed by atoms with Crippen molar-refractivity contribution in [1.29, 1.82) is 0 Å². The Morgan fingerprint density at radius 3 is 2.74 bits per heavy atom. The number of likely N-dealkylation sites (tertiary alicyclic amines) is 1. The summed E-state index contributed by atoms with van der Waals surface area (Å²) in [7, 11) is 1.70. The van der Waals surface area contributed by atoms with Gasteiger partial charge >= 0.3 is 0 Å². The molecule has 1 amide bonds. The Balaban J connectivity index is 1.62. The van der Waals surface area contributed by atoms with Gasteiger partial charge in [0.25, 0.3) is 0 Å². The zero-order valence-electron chi connectivity index (χ0n) is 12.5. The van der Waals surface area contributed by atoms with E-state index >= 15 is 0 Å². The molecule has 0 saturated carbocycles. The topological polar surface area (TPSA) is 67.3 Å². The fourth-order valence-corrected chi connectivity index (χ4v) is 4.30. The van der Waals surface area contributed by atoms with Crippen LogP contribution in [0.5, 0.6) is 0 Å². The Kier molecular flexibility index (Phi) is 4.55. The van der Waals surface area contributed by atoms with Crippen LogP contribution in [0.3, 0.4) is 0 Å². The monoisotopic (exact) mass is 352 g/mol. The minimum Gasteiger partial charge on any atom is -0.342 e. The number of rotatable bonds is 5. The molecule has 1 unspecified atom stereocenters. The van der Waals surface area contributed by atoms with Crippen LogP contribution in [-0.2, 0) is 20.3 Å². The summed E-state index contributed by atoms with van der Waals surface area (Å²) in [4.78, 5) is 18.1. The van der Waals surface area contributed by atoms with Gasteiger partial charge < -0.3 is 4.90 Å². The van der Waals surface area contributed by atoms with Gasteiger partial charge in [0, 0.05) is 59.8 Å². The molecule has 23 heavy (non-hydrogen) atoms. The van der Waals surface area contributed by atoms with Gasteiger partial charge in [-0.1, -0.05) is 24.3 Å². The van der Waals surface area contributed by atoms with E-state index in [9.17, 15) is 13.2 Å². The lowest BCUT2D eigenvalue weighted by Crippen LogP contribution is -2.28. The van der Waals surface area contributed by atoms with Gasteiger partial charge in [0.15, 0.2) is 0 Å². The maximum absolute atomic E-state index is 12.0. The number of aromatic nitrogens is 1. The fraction of sp³-hybridized carbons (Fsp3) is 0.375. The predicted molar refractivity (Wildman–Crippen MR) is 89.8 cm³/mol. The van der Waals surface area contributed by atoms with E-state index in [2.05, 4.69) is 4.98 Å². The second-order valence-electron chi connectivity index (χ2n) is 5.89. The smallest absolute Gasteiger partial charge is 0.232 e. The number of nitrogens with zero attached hydrogens (tertiary/aromatic N) is 2. The first-order valence-corrected chi connectivity index (χ1v) is 9.92. The summed E-state index contributed by atoms with van der Waals surface area (Å²) < 4.78 is 22.3. The molecule has 0 aliphatic carbocycles. The highest BCUT2D eigenvalue weighted by molar-refractivity contribution is 8.13. The Bertz CT molecular complexity index is 838. The van der Waals surface area contributed by atoms with Crippen LogP contribution in [0.4, 0.5) is 0 Å². The summed E-state index contributed by atoms with van der Waals surface area (Å²) in [5, 5.41) is 2.21. The van der Waals surface area contributed by atoms with Crippen LogP contribution in [0.15, 0.2) is 36.5 Å². The largest absolute Gasteiger partial charge is 0.342 e. The molecule has 2 heterocycles. The number of pyridine rings is 1. The van der Waals surface area contributed by atoms with Gasteiger partial charge in [0.05, 0.1) is 5.75 Å². The van der Waals surface area contributed by atoms with E-state index in [-0.39, 0.29) is 24.0 Å². The molecular weight excluding hydrogens is 336 g/mol. The molecular formula is C16H17ClN2O3S. The van der Waals surface area contributed by atoms with Gasteiger partial charge in [-0.15, -0.1) is 0 Å². The van der Waals surface area contributed by atoms with Crippen molar-refractivity contribution in [3.05, 3.63) is 42.2 Å². The lowest BCUT2D eigenvalue weighted by molar-refractivity contribution is -0.127. The maximum atomic E-state index is 12.0. The van der Waals surface area contributed by atoms with Gasteiger partial charge in [-0.3, -0.25) is 9.78 Å².